The van der Waals surface area contributed by atoms with Gasteiger partial charge < -0.3 is 15.4 Å². The van der Waals surface area contributed by atoms with Crippen molar-refractivity contribution in [1.82, 2.24) is 0 Å². The number of amides is 2. The summed E-state index contributed by atoms with van der Waals surface area (Å²) in [6, 6.07) is 13.7. The highest BCUT2D eigenvalue weighted by Gasteiger charge is 2.18. The molecule has 0 bridgehead atoms. The minimum absolute atomic E-state index is 0.144. The molecule has 0 aliphatic carbocycles. The topological polar surface area (TPSA) is 67.4 Å². The number of anilines is 2. The molecule has 0 fully saturated rings. The molecule has 5 nitrogen and oxygen atoms in total. The fourth-order valence-electron chi connectivity index (χ4n) is 2.06. The molecule has 0 heterocycles. The van der Waals surface area contributed by atoms with Gasteiger partial charge in [0.25, 0.3) is 5.91 Å². The summed E-state index contributed by atoms with van der Waals surface area (Å²) < 4.78 is 5.70. The van der Waals surface area contributed by atoms with Gasteiger partial charge in [-0.3, -0.25) is 9.59 Å². The molecule has 24 heavy (non-hydrogen) atoms. The minimum Gasteiger partial charge on any atom is -0.481 e. The van der Waals surface area contributed by atoms with Gasteiger partial charge in [0, 0.05) is 23.3 Å². The second-order valence-electron chi connectivity index (χ2n) is 5.22. The van der Waals surface area contributed by atoms with E-state index in [2.05, 4.69) is 10.6 Å². The van der Waals surface area contributed by atoms with E-state index in [-0.39, 0.29) is 11.8 Å². The molecular formula is C18H19ClN2O3. The molecule has 2 amide bonds. The first-order valence-corrected chi connectivity index (χ1v) is 7.96. The fraction of sp³-hybridized carbons (Fsp3) is 0.222. The Morgan fingerprint density at radius 3 is 2.04 bits per heavy atom. The highest BCUT2D eigenvalue weighted by Crippen LogP contribution is 2.19. The number of ether oxygens (including phenoxy) is 1. The minimum atomic E-state index is -0.610. The molecule has 1 atom stereocenters. The van der Waals surface area contributed by atoms with Crippen LogP contribution >= 0.6 is 11.6 Å². The number of halogens is 1. The SMILES string of the molecule is CC[C@H](Oc1ccc(Cl)cc1)C(=O)Nc1ccc(NC(C)=O)cc1. The van der Waals surface area contributed by atoms with Crippen LogP contribution in [0.1, 0.15) is 20.3 Å². The molecule has 0 radical (unpaired) electrons. The van der Waals surface area contributed by atoms with E-state index >= 15 is 0 Å². The van der Waals surface area contributed by atoms with Gasteiger partial charge in [-0.05, 0) is 55.0 Å². The maximum absolute atomic E-state index is 12.3. The number of hydrogen-bond donors (Lipinski definition) is 2. The Kier molecular flexibility index (Phi) is 6.21. The van der Waals surface area contributed by atoms with Crippen LogP contribution in [0.2, 0.25) is 5.02 Å². The van der Waals surface area contributed by atoms with Gasteiger partial charge in [-0.2, -0.15) is 0 Å². The van der Waals surface area contributed by atoms with Gasteiger partial charge in [-0.25, -0.2) is 0 Å². The first-order chi connectivity index (χ1) is 11.5. The standard InChI is InChI=1S/C18H19ClN2O3/c1-3-17(24-16-10-4-13(19)5-11-16)18(23)21-15-8-6-14(7-9-15)20-12(2)22/h4-11,17H,3H2,1-2H3,(H,20,22)(H,21,23)/t17-/m0/s1. The molecule has 0 aliphatic rings. The summed E-state index contributed by atoms with van der Waals surface area (Å²) in [5.74, 6) is 0.205. The molecule has 2 rings (SSSR count). The Balaban J connectivity index is 1.98. The van der Waals surface area contributed by atoms with E-state index in [1.54, 1.807) is 48.5 Å². The van der Waals surface area contributed by atoms with Crippen molar-refractivity contribution >= 4 is 34.8 Å². The van der Waals surface area contributed by atoms with E-state index in [1.807, 2.05) is 6.92 Å². The van der Waals surface area contributed by atoms with Crippen LogP contribution in [0.5, 0.6) is 5.75 Å². The predicted octanol–water partition coefficient (Wildman–Crippen LogP) is 4.09. The molecule has 0 saturated heterocycles. The molecule has 0 aromatic heterocycles. The lowest BCUT2D eigenvalue weighted by molar-refractivity contribution is -0.122. The second kappa shape index (κ2) is 8.36. The zero-order valence-corrected chi connectivity index (χ0v) is 14.3. The number of carbonyl (C=O) groups is 2. The van der Waals surface area contributed by atoms with Crippen molar-refractivity contribution in [3.63, 3.8) is 0 Å². The number of nitrogens with one attached hydrogen (secondary N) is 2. The van der Waals surface area contributed by atoms with Gasteiger partial charge in [0.1, 0.15) is 5.75 Å². The van der Waals surface area contributed by atoms with E-state index < -0.39 is 6.10 Å². The summed E-state index contributed by atoms with van der Waals surface area (Å²) in [6.07, 6.45) is -0.0838. The molecule has 0 saturated carbocycles. The third-order valence-electron chi connectivity index (χ3n) is 3.23. The van der Waals surface area contributed by atoms with Gasteiger partial charge in [0.05, 0.1) is 0 Å². The van der Waals surface area contributed by atoms with E-state index in [9.17, 15) is 9.59 Å². The van der Waals surface area contributed by atoms with Gasteiger partial charge in [0.2, 0.25) is 5.91 Å². The Bertz CT molecular complexity index is 699. The Hall–Kier alpha value is -2.53. The van der Waals surface area contributed by atoms with Crippen LogP contribution in [0.15, 0.2) is 48.5 Å². The van der Waals surface area contributed by atoms with Crippen LogP contribution < -0.4 is 15.4 Å². The van der Waals surface area contributed by atoms with Crippen molar-refractivity contribution in [2.75, 3.05) is 10.6 Å². The van der Waals surface area contributed by atoms with Crippen molar-refractivity contribution < 1.29 is 14.3 Å². The van der Waals surface area contributed by atoms with Crippen molar-refractivity contribution in [3.8, 4) is 5.75 Å². The van der Waals surface area contributed by atoms with E-state index in [4.69, 9.17) is 16.3 Å². The number of rotatable bonds is 6. The quantitative estimate of drug-likeness (QED) is 0.827. The summed E-state index contributed by atoms with van der Waals surface area (Å²) in [5, 5.41) is 6.08. The zero-order valence-electron chi connectivity index (χ0n) is 13.5. The van der Waals surface area contributed by atoms with Crippen molar-refractivity contribution in [2.45, 2.75) is 26.4 Å². The Morgan fingerprint density at radius 1 is 1.00 bits per heavy atom. The molecular weight excluding hydrogens is 328 g/mol. The van der Waals surface area contributed by atoms with E-state index in [1.165, 1.54) is 6.92 Å². The first kappa shape index (κ1) is 17.8. The van der Waals surface area contributed by atoms with Crippen LogP contribution in [-0.4, -0.2) is 17.9 Å². The summed E-state index contributed by atoms with van der Waals surface area (Å²) in [4.78, 5) is 23.3. The monoisotopic (exact) mass is 346 g/mol. The van der Waals surface area contributed by atoms with Crippen molar-refractivity contribution in [1.29, 1.82) is 0 Å². The predicted molar refractivity (Wildman–Crippen MR) is 95.5 cm³/mol. The summed E-state index contributed by atoms with van der Waals surface area (Å²) in [5.41, 5.74) is 1.30. The van der Waals surface area contributed by atoms with Crippen LogP contribution in [0, 0.1) is 0 Å². The highest BCUT2D eigenvalue weighted by molar-refractivity contribution is 6.30. The normalized spacial score (nSPS) is 11.5. The summed E-state index contributed by atoms with van der Waals surface area (Å²) in [6.45, 7) is 3.32. The Morgan fingerprint density at radius 2 is 1.54 bits per heavy atom. The molecule has 2 aromatic rings. The van der Waals surface area contributed by atoms with Crippen LogP contribution in [-0.2, 0) is 9.59 Å². The molecule has 2 aromatic carbocycles. The lowest BCUT2D eigenvalue weighted by Crippen LogP contribution is -2.32. The molecule has 0 unspecified atom stereocenters. The molecule has 126 valence electrons. The van der Waals surface area contributed by atoms with Crippen molar-refractivity contribution in [2.24, 2.45) is 0 Å². The maximum Gasteiger partial charge on any atom is 0.265 e. The lowest BCUT2D eigenvalue weighted by Gasteiger charge is -2.17. The van der Waals surface area contributed by atoms with E-state index in [0.717, 1.165) is 0 Å². The molecule has 2 N–H and O–H groups in total. The van der Waals surface area contributed by atoms with Crippen LogP contribution in [0.3, 0.4) is 0 Å². The third kappa shape index (κ3) is 5.28. The third-order valence-corrected chi connectivity index (χ3v) is 3.48. The zero-order chi connectivity index (χ0) is 17.5. The number of carbonyl (C=O) groups excluding carboxylic acids is 2. The van der Waals surface area contributed by atoms with Crippen LogP contribution in [0.4, 0.5) is 11.4 Å². The van der Waals surface area contributed by atoms with Gasteiger partial charge in [-0.15, -0.1) is 0 Å². The average molecular weight is 347 g/mol. The number of hydrogen-bond acceptors (Lipinski definition) is 3. The van der Waals surface area contributed by atoms with Crippen molar-refractivity contribution in [3.05, 3.63) is 53.6 Å². The van der Waals surface area contributed by atoms with Gasteiger partial charge in [-0.1, -0.05) is 18.5 Å². The van der Waals surface area contributed by atoms with Crippen LogP contribution in [0.25, 0.3) is 0 Å². The highest BCUT2D eigenvalue weighted by atomic mass is 35.5. The largest absolute Gasteiger partial charge is 0.481 e. The fourth-order valence-corrected chi connectivity index (χ4v) is 2.19. The summed E-state index contributed by atoms with van der Waals surface area (Å²) >= 11 is 5.84. The van der Waals surface area contributed by atoms with Gasteiger partial charge >= 0.3 is 0 Å². The lowest BCUT2D eigenvalue weighted by atomic mass is 10.2. The van der Waals surface area contributed by atoms with E-state index in [0.29, 0.717) is 28.6 Å². The molecule has 6 heteroatoms. The maximum atomic E-state index is 12.3. The Labute approximate surface area is 146 Å². The first-order valence-electron chi connectivity index (χ1n) is 7.58. The summed E-state index contributed by atoms with van der Waals surface area (Å²) in [7, 11) is 0. The smallest absolute Gasteiger partial charge is 0.265 e. The molecule has 0 aliphatic heterocycles. The van der Waals surface area contributed by atoms with Gasteiger partial charge in [0.15, 0.2) is 6.10 Å². The second-order valence-corrected chi connectivity index (χ2v) is 5.65. The molecule has 0 spiro atoms. The number of benzene rings is 2. The average Bonchev–Trinajstić information content (AvgIpc) is 2.55.